The predicted octanol–water partition coefficient (Wildman–Crippen LogP) is 2.41. The third kappa shape index (κ3) is 3.49. The first kappa shape index (κ1) is 15.3. The van der Waals surface area contributed by atoms with Crippen LogP contribution in [0.4, 0.5) is 5.69 Å². The molecule has 0 amide bonds. The fourth-order valence-corrected chi connectivity index (χ4v) is 2.99. The standard InChI is InChI=1S/C16H28N4/c1-4-15(17)16-9-8-13(11-18-16)19(3)12-14-7-6-10-20(14)5-2/h8-9,11,14-15H,4-7,10,12,17H2,1-3H3. The van der Waals surface area contributed by atoms with Gasteiger partial charge in [-0.3, -0.25) is 9.88 Å². The van der Waals surface area contributed by atoms with Crippen molar-refractivity contribution in [3.05, 3.63) is 24.0 Å². The first-order valence-electron chi connectivity index (χ1n) is 7.82. The highest BCUT2D eigenvalue weighted by atomic mass is 15.2. The van der Waals surface area contributed by atoms with Gasteiger partial charge in [-0.15, -0.1) is 0 Å². The summed E-state index contributed by atoms with van der Waals surface area (Å²) < 4.78 is 0. The first-order chi connectivity index (χ1) is 9.65. The van der Waals surface area contributed by atoms with Crippen molar-refractivity contribution >= 4 is 5.69 Å². The maximum Gasteiger partial charge on any atom is 0.0572 e. The SMILES string of the molecule is CCC(N)c1ccc(N(C)CC2CCCN2CC)cn1. The van der Waals surface area contributed by atoms with Gasteiger partial charge in [-0.25, -0.2) is 0 Å². The van der Waals surface area contributed by atoms with Gasteiger partial charge in [0.25, 0.3) is 0 Å². The van der Waals surface area contributed by atoms with Crippen molar-refractivity contribution in [2.45, 2.75) is 45.2 Å². The molecule has 1 aliphatic heterocycles. The molecule has 0 radical (unpaired) electrons. The zero-order valence-corrected chi connectivity index (χ0v) is 13.0. The van der Waals surface area contributed by atoms with Gasteiger partial charge >= 0.3 is 0 Å². The van der Waals surface area contributed by atoms with Gasteiger partial charge in [0, 0.05) is 25.7 Å². The highest BCUT2D eigenvalue weighted by Crippen LogP contribution is 2.21. The molecule has 112 valence electrons. The van der Waals surface area contributed by atoms with E-state index in [0.29, 0.717) is 6.04 Å². The molecule has 2 rings (SSSR count). The number of likely N-dealkylation sites (N-methyl/N-ethyl adjacent to an activating group) is 2. The molecular formula is C16H28N4. The lowest BCUT2D eigenvalue weighted by molar-refractivity contribution is 0.270. The molecule has 1 saturated heterocycles. The van der Waals surface area contributed by atoms with Crippen LogP contribution in [0.3, 0.4) is 0 Å². The molecule has 20 heavy (non-hydrogen) atoms. The summed E-state index contributed by atoms with van der Waals surface area (Å²) in [4.78, 5) is 9.39. The van der Waals surface area contributed by atoms with E-state index < -0.39 is 0 Å². The van der Waals surface area contributed by atoms with E-state index in [1.54, 1.807) is 0 Å². The van der Waals surface area contributed by atoms with Gasteiger partial charge < -0.3 is 10.6 Å². The Morgan fingerprint density at radius 3 is 2.85 bits per heavy atom. The number of anilines is 1. The Morgan fingerprint density at radius 1 is 1.45 bits per heavy atom. The van der Waals surface area contributed by atoms with E-state index >= 15 is 0 Å². The number of rotatable bonds is 6. The second-order valence-electron chi connectivity index (χ2n) is 5.76. The largest absolute Gasteiger partial charge is 0.372 e. The summed E-state index contributed by atoms with van der Waals surface area (Å²) in [7, 11) is 2.16. The van der Waals surface area contributed by atoms with Crippen molar-refractivity contribution < 1.29 is 0 Å². The van der Waals surface area contributed by atoms with E-state index in [9.17, 15) is 0 Å². The smallest absolute Gasteiger partial charge is 0.0572 e. The lowest BCUT2D eigenvalue weighted by Gasteiger charge is -2.29. The van der Waals surface area contributed by atoms with Crippen LogP contribution in [0.15, 0.2) is 18.3 Å². The lowest BCUT2D eigenvalue weighted by Crippen LogP contribution is -2.38. The van der Waals surface area contributed by atoms with Gasteiger partial charge in [0.05, 0.1) is 17.6 Å². The molecule has 1 fully saturated rings. The van der Waals surface area contributed by atoms with E-state index in [4.69, 9.17) is 5.73 Å². The minimum Gasteiger partial charge on any atom is -0.372 e. The molecule has 4 nitrogen and oxygen atoms in total. The molecule has 2 atom stereocenters. The molecule has 0 aliphatic carbocycles. The van der Waals surface area contributed by atoms with Crippen molar-refractivity contribution in [1.82, 2.24) is 9.88 Å². The maximum absolute atomic E-state index is 6.01. The summed E-state index contributed by atoms with van der Waals surface area (Å²) in [6.45, 7) is 7.82. The normalized spacial score (nSPS) is 21.1. The van der Waals surface area contributed by atoms with Crippen molar-refractivity contribution in [2.75, 3.05) is 31.6 Å². The third-order valence-corrected chi connectivity index (χ3v) is 4.42. The molecule has 4 heteroatoms. The molecule has 0 aromatic carbocycles. The van der Waals surface area contributed by atoms with Crippen LogP contribution in [0.2, 0.25) is 0 Å². The number of likely N-dealkylation sites (tertiary alicyclic amines) is 1. The summed E-state index contributed by atoms with van der Waals surface area (Å²) in [5.74, 6) is 0. The topological polar surface area (TPSA) is 45.4 Å². The van der Waals surface area contributed by atoms with Crippen LogP contribution in [0.25, 0.3) is 0 Å². The molecule has 1 aromatic heterocycles. The average Bonchev–Trinajstić information content (AvgIpc) is 2.93. The quantitative estimate of drug-likeness (QED) is 0.866. The van der Waals surface area contributed by atoms with Crippen molar-refractivity contribution in [2.24, 2.45) is 5.73 Å². The summed E-state index contributed by atoms with van der Waals surface area (Å²) in [5.41, 5.74) is 8.17. The molecule has 0 bridgehead atoms. The van der Waals surface area contributed by atoms with E-state index in [2.05, 4.69) is 47.8 Å². The number of nitrogens with zero attached hydrogens (tertiary/aromatic N) is 3. The maximum atomic E-state index is 6.01. The molecule has 2 heterocycles. The van der Waals surface area contributed by atoms with E-state index in [1.165, 1.54) is 25.1 Å². The highest BCUT2D eigenvalue weighted by molar-refractivity contribution is 5.44. The zero-order valence-electron chi connectivity index (χ0n) is 13.0. The minimum absolute atomic E-state index is 0.0553. The average molecular weight is 276 g/mol. The van der Waals surface area contributed by atoms with Gasteiger partial charge in [0.15, 0.2) is 0 Å². The van der Waals surface area contributed by atoms with E-state index in [0.717, 1.165) is 25.2 Å². The first-order valence-corrected chi connectivity index (χ1v) is 7.82. The van der Waals surface area contributed by atoms with Gasteiger partial charge in [0.1, 0.15) is 0 Å². The number of hydrogen-bond acceptors (Lipinski definition) is 4. The Labute approximate surface area is 123 Å². The van der Waals surface area contributed by atoms with Crippen molar-refractivity contribution in [3.8, 4) is 0 Å². The van der Waals surface area contributed by atoms with Crippen molar-refractivity contribution in [1.29, 1.82) is 0 Å². The Hall–Kier alpha value is -1.13. The molecule has 1 aliphatic rings. The summed E-state index contributed by atoms with van der Waals surface area (Å²) in [6.07, 6.45) is 5.52. The monoisotopic (exact) mass is 276 g/mol. The fourth-order valence-electron chi connectivity index (χ4n) is 2.99. The molecule has 0 spiro atoms. The molecule has 0 saturated carbocycles. The number of nitrogens with two attached hydrogens (primary N) is 1. The summed E-state index contributed by atoms with van der Waals surface area (Å²) in [5, 5.41) is 0. The Kier molecular flexibility index (Phi) is 5.38. The minimum atomic E-state index is 0.0553. The van der Waals surface area contributed by atoms with Gasteiger partial charge in [-0.1, -0.05) is 13.8 Å². The Balaban J connectivity index is 1.97. The van der Waals surface area contributed by atoms with Crippen LogP contribution in [0, 0.1) is 0 Å². The molecule has 2 unspecified atom stereocenters. The zero-order chi connectivity index (χ0) is 14.5. The second kappa shape index (κ2) is 7.04. The van der Waals surface area contributed by atoms with Gasteiger partial charge in [-0.2, -0.15) is 0 Å². The Bertz CT molecular complexity index is 403. The number of aromatic nitrogens is 1. The van der Waals surface area contributed by atoms with Gasteiger partial charge in [-0.05, 0) is 44.5 Å². The molecule has 1 aromatic rings. The van der Waals surface area contributed by atoms with E-state index in [-0.39, 0.29) is 6.04 Å². The fraction of sp³-hybridized carbons (Fsp3) is 0.688. The van der Waals surface area contributed by atoms with Crippen LogP contribution in [-0.4, -0.2) is 42.6 Å². The lowest BCUT2D eigenvalue weighted by atomic mass is 10.1. The van der Waals surface area contributed by atoms with E-state index in [1.807, 2.05) is 6.20 Å². The highest BCUT2D eigenvalue weighted by Gasteiger charge is 2.24. The van der Waals surface area contributed by atoms with Crippen LogP contribution < -0.4 is 10.6 Å². The Morgan fingerprint density at radius 2 is 2.25 bits per heavy atom. The predicted molar refractivity (Wildman–Crippen MR) is 85.0 cm³/mol. The van der Waals surface area contributed by atoms with Crippen LogP contribution >= 0.6 is 0 Å². The van der Waals surface area contributed by atoms with Crippen molar-refractivity contribution in [3.63, 3.8) is 0 Å². The summed E-state index contributed by atoms with van der Waals surface area (Å²) in [6, 6.07) is 4.94. The third-order valence-electron chi connectivity index (χ3n) is 4.42. The van der Waals surface area contributed by atoms with Crippen LogP contribution in [-0.2, 0) is 0 Å². The van der Waals surface area contributed by atoms with Gasteiger partial charge in [0.2, 0.25) is 0 Å². The number of pyridine rings is 1. The molecular weight excluding hydrogens is 248 g/mol. The summed E-state index contributed by atoms with van der Waals surface area (Å²) >= 11 is 0. The van der Waals surface area contributed by atoms with Crippen LogP contribution in [0.1, 0.15) is 44.8 Å². The molecule has 2 N–H and O–H groups in total. The second-order valence-corrected chi connectivity index (χ2v) is 5.76. The number of hydrogen-bond donors (Lipinski definition) is 1. The van der Waals surface area contributed by atoms with Crippen LogP contribution in [0.5, 0.6) is 0 Å².